The van der Waals surface area contributed by atoms with Gasteiger partial charge in [0.1, 0.15) is 6.04 Å². The molecular weight excluding hydrogens is 500 g/mol. The summed E-state index contributed by atoms with van der Waals surface area (Å²) in [6.45, 7) is 8.09. The van der Waals surface area contributed by atoms with Crippen LogP contribution in [0.5, 0.6) is 0 Å². The molecule has 2 aromatic carbocycles. The van der Waals surface area contributed by atoms with Gasteiger partial charge in [0, 0.05) is 13.1 Å². The van der Waals surface area contributed by atoms with E-state index in [1.807, 2.05) is 13.8 Å². The highest BCUT2D eigenvalue weighted by atomic mass is 32.2. The van der Waals surface area contributed by atoms with Gasteiger partial charge < -0.3 is 5.32 Å². The van der Waals surface area contributed by atoms with Crippen LogP contribution >= 0.6 is 11.3 Å². The molecule has 3 amide bonds. The van der Waals surface area contributed by atoms with Gasteiger partial charge in [-0.05, 0) is 42.7 Å². The van der Waals surface area contributed by atoms with E-state index in [4.69, 9.17) is 0 Å². The van der Waals surface area contributed by atoms with Crippen LogP contribution < -0.4 is 5.32 Å². The van der Waals surface area contributed by atoms with Crippen molar-refractivity contribution < 1.29 is 22.8 Å². The summed E-state index contributed by atoms with van der Waals surface area (Å²) < 4.78 is 27.7. The molecule has 1 aromatic heterocycles. The Labute approximate surface area is 214 Å². The molecule has 1 atom stereocenters. The average molecular weight is 529 g/mol. The number of nitrogens with zero attached hydrogens (tertiary/aromatic N) is 3. The number of thiazole rings is 1. The van der Waals surface area contributed by atoms with E-state index in [-0.39, 0.29) is 33.5 Å². The van der Waals surface area contributed by atoms with E-state index in [9.17, 15) is 22.8 Å². The molecule has 2 heterocycles. The van der Waals surface area contributed by atoms with Crippen molar-refractivity contribution in [2.45, 2.75) is 45.1 Å². The van der Waals surface area contributed by atoms with Crippen molar-refractivity contribution in [3.05, 3.63) is 53.6 Å². The number of hydrogen-bond donors (Lipinski definition) is 1. The Morgan fingerprint density at radius 1 is 1.06 bits per heavy atom. The van der Waals surface area contributed by atoms with E-state index in [2.05, 4.69) is 10.3 Å². The van der Waals surface area contributed by atoms with Crippen LogP contribution in [0, 0.1) is 5.92 Å². The van der Waals surface area contributed by atoms with Crippen LogP contribution in [0.25, 0.3) is 10.2 Å². The van der Waals surface area contributed by atoms with Crippen LogP contribution in [0.2, 0.25) is 0 Å². The van der Waals surface area contributed by atoms with Gasteiger partial charge in [0.25, 0.3) is 11.8 Å². The summed E-state index contributed by atoms with van der Waals surface area (Å²) in [4.78, 5) is 45.0. The zero-order valence-corrected chi connectivity index (χ0v) is 22.1. The Hall–Kier alpha value is -3.15. The summed E-state index contributed by atoms with van der Waals surface area (Å²) >= 11 is 1.14. The number of imide groups is 1. The van der Waals surface area contributed by atoms with Crippen molar-refractivity contribution in [3.63, 3.8) is 0 Å². The summed E-state index contributed by atoms with van der Waals surface area (Å²) in [5, 5.41) is 3.01. The lowest BCUT2D eigenvalue weighted by Crippen LogP contribution is -2.47. The number of benzene rings is 2. The Morgan fingerprint density at radius 3 is 2.22 bits per heavy atom. The second-order valence-electron chi connectivity index (χ2n) is 8.90. The molecule has 0 saturated carbocycles. The minimum Gasteiger partial charge on any atom is -0.300 e. The zero-order chi connectivity index (χ0) is 26.2. The summed E-state index contributed by atoms with van der Waals surface area (Å²) in [5.41, 5.74) is 1.10. The van der Waals surface area contributed by atoms with Gasteiger partial charge in [0.2, 0.25) is 15.9 Å². The highest BCUT2D eigenvalue weighted by molar-refractivity contribution is 7.89. The number of aromatic nitrogens is 1. The number of fused-ring (bicyclic) bond motifs is 2. The third-order valence-corrected chi connectivity index (χ3v) is 9.05. The average Bonchev–Trinajstić information content (AvgIpc) is 3.35. The lowest BCUT2D eigenvalue weighted by Gasteiger charge is -2.26. The Kier molecular flexibility index (Phi) is 7.26. The molecular formula is C25H28N4O5S2. The van der Waals surface area contributed by atoms with Crippen LogP contribution in [0.1, 0.15) is 54.8 Å². The molecule has 9 nitrogen and oxygen atoms in total. The van der Waals surface area contributed by atoms with E-state index in [1.54, 1.807) is 50.2 Å². The van der Waals surface area contributed by atoms with Gasteiger partial charge in [0.15, 0.2) is 5.13 Å². The maximum Gasteiger partial charge on any atom is 0.262 e. The van der Waals surface area contributed by atoms with Gasteiger partial charge in [0.05, 0.1) is 26.2 Å². The monoisotopic (exact) mass is 528 g/mol. The molecule has 3 aromatic rings. The van der Waals surface area contributed by atoms with Crippen molar-refractivity contribution in [1.82, 2.24) is 14.2 Å². The van der Waals surface area contributed by atoms with Gasteiger partial charge >= 0.3 is 0 Å². The molecule has 1 aliphatic heterocycles. The molecule has 36 heavy (non-hydrogen) atoms. The molecule has 190 valence electrons. The Balaban J connectivity index is 1.62. The summed E-state index contributed by atoms with van der Waals surface area (Å²) in [5.74, 6) is -1.47. The fourth-order valence-corrected chi connectivity index (χ4v) is 6.75. The van der Waals surface area contributed by atoms with Gasteiger partial charge in [-0.15, -0.1) is 0 Å². The van der Waals surface area contributed by atoms with Crippen molar-refractivity contribution in [1.29, 1.82) is 0 Å². The summed E-state index contributed by atoms with van der Waals surface area (Å²) in [7, 11) is -3.64. The van der Waals surface area contributed by atoms with Crippen LogP contribution in [-0.2, 0) is 14.8 Å². The second-order valence-corrected chi connectivity index (χ2v) is 11.9. The fraction of sp³-hybridized carbons (Fsp3) is 0.360. The first-order valence-corrected chi connectivity index (χ1v) is 14.0. The zero-order valence-electron chi connectivity index (χ0n) is 20.5. The van der Waals surface area contributed by atoms with Crippen LogP contribution in [0.15, 0.2) is 47.4 Å². The summed E-state index contributed by atoms with van der Waals surface area (Å²) in [6.07, 6.45) is 0.286. The fourth-order valence-electron chi connectivity index (χ4n) is 4.29. The van der Waals surface area contributed by atoms with Crippen LogP contribution in [-0.4, -0.2) is 59.5 Å². The lowest BCUT2D eigenvalue weighted by molar-refractivity contribution is -0.120. The number of nitrogens with one attached hydrogen (secondary N) is 1. The van der Waals surface area contributed by atoms with Crippen molar-refractivity contribution in [3.8, 4) is 0 Å². The minimum atomic E-state index is -3.64. The maximum atomic E-state index is 13.4. The summed E-state index contributed by atoms with van der Waals surface area (Å²) in [6, 6.07) is 10.2. The predicted octanol–water partition coefficient (Wildman–Crippen LogP) is 3.98. The molecule has 0 bridgehead atoms. The van der Waals surface area contributed by atoms with E-state index >= 15 is 0 Å². The van der Waals surface area contributed by atoms with Gasteiger partial charge in [-0.1, -0.05) is 51.2 Å². The highest BCUT2D eigenvalue weighted by Gasteiger charge is 2.43. The molecule has 0 aliphatic carbocycles. The minimum absolute atomic E-state index is 0.0354. The molecule has 0 radical (unpaired) electrons. The Morgan fingerprint density at radius 2 is 1.67 bits per heavy atom. The number of sulfonamides is 1. The number of anilines is 1. The molecule has 11 heteroatoms. The number of carbonyl (C=O) groups excluding carboxylic acids is 3. The molecule has 0 spiro atoms. The first kappa shape index (κ1) is 25.9. The van der Waals surface area contributed by atoms with Gasteiger partial charge in [-0.3, -0.25) is 19.3 Å². The molecule has 0 fully saturated rings. The predicted molar refractivity (Wildman–Crippen MR) is 139 cm³/mol. The molecule has 1 N–H and O–H groups in total. The maximum absolute atomic E-state index is 13.4. The van der Waals surface area contributed by atoms with Crippen molar-refractivity contribution >= 4 is 54.4 Å². The highest BCUT2D eigenvalue weighted by Crippen LogP contribution is 2.31. The number of amides is 3. The van der Waals surface area contributed by atoms with Crippen LogP contribution in [0.4, 0.5) is 5.13 Å². The lowest BCUT2D eigenvalue weighted by atomic mass is 10.0. The largest absolute Gasteiger partial charge is 0.300 e. The number of rotatable bonds is 9. The molecule has 4 rings (SSSR count). The smallest absolute Gasteiger partial charge is 0.262 e. The number of carbonyl (C=O) groups is 3. The number of hydrogen-bond acceptors (Lipinski definition) is 7. The van der Waals surface area contributed by atoms with E-state index in [1.165, 1.54) is 10.4 Å². The van der Waals surface area contributed by atoms with E-state index in [0.29, 0.717) is 23.3 Å². The van der Waals surface area contributed by atoms with E-state index < -0.39 is 33.8 Å². The van der Waals surface area contributed by atoms with Gasteiger partial charge in [-0.2, -0.15) is 4.31 Å². The second kappa shape index (κ2) is 10.1. The van der Waals surface area contributed by atoms with Crippen LogP contribution in [0.3, 0.4) is 0 Å². The first-order valence-electron chi connectivity index (χ1n) is 11.8. The third kappa shape index (κ3) is 4.65. The SMILES string of the molecule is CCN(CC)S(=O)(=O)c1ccc2nc(NC(=O)C(CC(C)C)N3C(=O)c4ccccc4C3=O)sc2c1. The first-order chi connectivity index (χ1) is 17.1. The normalized spacial score (nSPS) is 14.7. The van der Waals surface area contributed by atoms with Crippen molar-refractivity contribution in [2.75, 3.05) is 18.4 Å². The third-order valence-electron chi connectivity index (χ3n) is 6.07. The molecule has 1 aliphatic rings. The van der Waals surface area contributed by atoms with Crippen molar-refractivity contribution in [2.24, 2.45) is 5.92 Å². The standard InChI is InChI=1S/C25H28N4O5S2/c1-5-28(6-2)36(33,34)16-11-12-19-21(14-16)35-25(26-19)27-22(30)20(13-15(3)4)29-23(31)17-9-7-8-10-18(17)24(29)32/h7-12,14-15,20H,5-6,13H2,1-4H3,(H,26,27,30). The van der Waals surface area contributed by atoms with E-state index in [0.717, 1.165) is 16.2 Å². The van der Waals surface area contributed by atoms with Gasteiger partial charge in [-0.25, -0.2) is 13.4 Å². The topological polar surface area (TPSA) is 117 Å². The Bertz CT molecular complexity index is 1410. The quantitative estimate of drug-likeness (QED) is 0.420. The molecule has 1 unspecified atom stereocenters. The molecule has 0 saturated heterocycles.